The fourth-order valence-electron chi connectivity index (χ4n) is 8.42. The van der Waals surface area contributed by atoms with Gasteiger partial charge in [-0.1, -0.05) is 241 Å². The molecule has 0 aliphatic rings. The maximum Gasteiger partial charge on any atom is 0.306 e. The van der Waals surface area contributed by atoms with Crippen molar-refractivity contribution >= 4 is 17.9 Å². The van der Waals surface area contributed by atoms with Gasteiger partial charge in [0.2, 0.25) is 0 Å². The van der Waals surface area contributed by atoms with E-state index in [1.807, 2.05) is 0 Å². The van der Waals surface area contributed by atoms with Crippen molar-refractivity contribution < 1.29 is 28.6 Å². The SMILES string of the molecule is CC/C=C\C/C=C\C/C=C\CCCCCC(=O)OC(COC(=O)CCCCCCC/C=C\CCCCC)COC(=O)CCCCCCCCCCCCCCCCC/C=C\C/C=C\CCCCCCC. The van der Waals surface area contributed by atoms with Gasteiger partial charge < -0.3 is 14.2 Å². The second-order valence-electron chi connectivity index (χ2n) is 19.9. The fourth-order valence-corrected chi connectivity index (χ4v) is 8.42. The monoisotopic (exact) mass is 977 g/mol. The summed E-state index contributed by atoms with van der Waals surface area (Å²) >= 11 is 0. The van der Waals surface area contributed by atoms with E-state index in [1.54, 1.807) is 0 Å². The number of ether oxygens (including phenoxy) is 3. The van der Waals surface area contributed by atoms with Crippen LogP contribution in [-0.4, -0.2) is 37.2 Å². The second-order valence-corrected chi connectivity index (χ2v) is 19.9. The van der Waals surface area contributed by atoms with Crippen molar-refractivity contribution in [3.8, 4) is 0 Å². The number of unbranched alkanes of at least 4 members (excludes halogenated alkanes) is 31. The molecule has 70 heavy (non-hydrogen) atoms. The number of allylic oxidation sites excluding steroid dienone is 12. The van der Waals surface area contributed by atoms with E-state index >= 15 is 0 Å². The average molecular weight is 978 g/mol. The van der Waals surface area contributed by atoms with E-state index in [1.165, 1.54) is 161 Å². The summed E-state index contributed by atoms with van der Waals surface area (Å²) in [5, 5.41) is 0. The van der Waals surface area contributed by atoms with Crippen LogP contribution >= 0.6 is 0 Å². The van der Waals surface area contributed by atoms with Crippen molar-refractivity contribution in [2.45, 2.75) is 303 Å². The standard InChI is InChI=1S/C64H112O6/c1-4-7-10-13-16-19-22-25-26-27-28-29-30-31-32-33-34-35-36-37-38-40-42-45-48-51-54-57-63(66)69-60-61(59-68-62(65)56-53-50-47-44-41-24-21-18-15-12-9-6-3)70-64(67)58-55-52-49-46-43-39-23-20-17-14-11-8-5-2/h8,11,17-18,20-22,25,27-28,39,43,61H,4-7,9-10,12-16,19,23-24,26,29-38,40-42,44-60H2,1-3H3/b11-8-,20-17-,21-18-,25-22-,28-27-,43-39-. The van der Waals surface area contributed by atoms with Gasteiger partial charge in [-0.2, -0.15) is 0 Å². The van der Waals surface area contributed by atoms with Gasteiger partial charge in [0.05, 0.1) is 0 Å². The molecule has 0 N–H and O–H groups in total. The number of carbonyl (C=O) groups is 3. The largest absolute Gasteiger partial charge is 0.462 e. The zero-order valence-electron chi connectivity index (χ0n) is 46.3. The molecule has 1 atom stereocenters. The molecule has 0 saturated carbocycles. The van der Waals surface area contributed by atoms with E-state index in [4.69, 9.17) is 14.2 Å². The Bertz CT molecular complexity index is 1310. The molecule has 0 bridgehead atoms. The molecule has 0 radical (unpaired) electrons. The first-order valence-corrected chi connectivity index (χ1v) is 29.9. The fraction of sp³-hybridized carbons (Fsp3) is 0.766. The minimum Gasteiger partial charge on any atom is -0.462 e. The molecular formula is C64H112O6. The maximum atomic E-state index is 12.8. The molecule has 0 spiro atoms. The van der Waals surface area contributed by atoms with Crippen molar-refractivity contribution in [3.05, 3.63) is 72.9 Å². The summed E-state index contributed by atoms with van der Waals surface area (Å²) in [6.07, 6.45) is 74.9. The number of hydrogen-bond donors (Lipinski definition) is 0. The smallest absolute Gasteiger partial charge is 0.306 e. The minimum atomic E-state index is -0.793. The molecule has 0 saturated heterocycles. The molecule has 0 fully saturated rings. The zero-order valence-corrected chi connectivity index (χ0v) is 46.3. The van der Waals surface area contributed by atoms with Crippen LogP contribution in [0.2, 0.25) is 0 Å². The predicted molar refractivity (Wildman–Crippen MR) is 302 cm³/mol. The Hall–Kier alpha value is -3.15. The van der Waals surface area contributed by atoms with Crippen molar-refractivity contribution in [1.82, 2.24) is 0 Å². The Balaban J connectivity index is 4.21. The van der Waals surface area contributed by atoms with Gasteiger partial charge in [-0.05, 0) is 109 Å². The van der Waals surface area contributed by atoms with Gasteiger partial charge in [0.25, 0.3) is 0 Å². The second kappa shape index (κ2) is 58.4. The molecule has 0 aliphatic heterocycles. The lowest BCUT2D eigenvalue weighted by atomic mass is 10.0. The van der Waals surface area contributed by atoms with Crippen LogP contribution < -0.4 is 0 Å². The summed E-state index contributed by atoms with van der Waals surface area (Å²) in [5.41, 5.74) is 0. The topological polar surface area (TPSA) is 78.9 Å². The first-order chi connectivity index (χ1) is 34.5. The lowest BCUT2D eigenvalue weighted by molar-refractivity contribution is -0.167. The van der Waals surface area contributed by atoms with Crippen LogP contribution in [0.4, 0.5) is 0 Å². The summed E-state index contributed by atoms with van der Waals surface area (Å²) in [6.45, 7) is 6.48. The number of rotatable bonds is 54. The van der Waals surface area contributed by atoms with E-state index in [0.29, 0.717) is 19.3 Å². The number of esters is 3. The Morgan fingerprint density at radius 3 is 0.929 bits per heavy atom. The van der Waals surface area contributed by atoms with Gasteiger partial charge in [0.1, 0.15) is 13.2 Å². The van der Waals surface area contributed by atoms with E-state index in [9.17, 15) is 14.4 Å². The Morgan fingerprint density at radius 2 is 0.557 bits per heavy atom. The van der Waals surface area contributed by atoms with E-state index in [0.717, 1.165) is 96.3 Å². The Kier molecular flexibility index (Phi) is 55.8. The normalized spacial score (nSPS) is 12.6. The molecular weight excluding hydrogens is 865 g/mol. The average Bonchev–Trinajstić information content (AvgIpc) is 3.36. The van der Waals surface area contributed by atoms with Crippen LogP contribution in [-0.2, 0) is 28.6 Å². The quantitative estimate of drug-likeness (QED) is 0.0261. The maximum absolute atomic E-state index is 12.8. The molecule has 404 valence electrons. The van der Waals surface area contributed by atoms with Gasteiger partial charge in [0, 0.05) is 19.3 Å². The van der Waals surface area contributed by atoms with Crippen molar-refractivity contribution in [1.29, 1.82) is 0 Å². The van der Waals surface area contributed by atoms with Crippen LogP contribution in [0.5, 0.6) is 0 Å². The Labute approximate surface area is 433 Å². The van der Waals surface area contributed by atoms with E-state index in [-0.39, 0.29) is 31.1 Å². The van der Waals surface area contributed by atoms with E-state index < -0.39 is 6.10 Å². The highest BCUT2D eigenvalue weighted by Crippen LogP contribution is 2.16. The third kappa shape index (κ3) is 55.8. The van der Waals surface area contributed by atoms with Gasteiger partial charge >= 0.3 is 17.9 Å². The molecule has 0 aliphatic carbocycles. The Morgan fingerprint density at radius 1 is 0.300 bits per heavy atom. The molecule has 0 aromatic heterocycles. The van der Waals surface area contributed by atoms with Crippen LogP contribution in [0, 0.1) is 0 Å². The summed E-state index contributed by atoms with van der Waals surface area (Å²) in [7, 11) is 0. The van der Waals surface area contributed by atoms with Crippen LogP contribution in [0.25, 0.3) is 0 Å². The lowest BCUT2D eigenvalue weighted by Crippen LogP contribution is -2.30. The molecule has 6 nitrogen and oxygen atoms in total. The molecule has 0 aromatic carbocycles. The summed E-state index contributed by atoms with van der Waals surface area (Å²) < 4.78 is 16.8. The first-order valence-electron chi connectivity index (χ1n) is 29.9. The number of carbonyl (C=O) groups excluding carboxylic acids is 3. The van der Waals surface area contributed by atoms with Crippen molar-refractivity contribution in [2.24, 2.45) is 0 Å². The van der Waals surface area contributed by atoms with Crippen LogP contribution in [0.1, 0.15) is 297 Å². The van der Waals surface area contributed by atoms with Crippen molar-refractivity contribution in [3.63, 3.8) is 0 Å². The highest BCUT2D eigenvalue weighted by atomic mass is 16.6. The van der Waals surface area contributed by atoms with E-state index in [2.05, 4.69) is 93.7 Å². The highest BCUT2D eigenvalue weighted by Gasteiger charge is 2.19. The third-order valence-electron chi connectivity index (χ3n) is 12.9. The molecule has 0 heterocycles. The lowest BCUT2D eigenvalue weighted by Gasteiger charge is -2.18. The first kappa shape index (κ1) is 66.9. The summed E-state index contributed by atoms with van der Waals surface area (Å²) in [6, 6.07) is 0. The van der Waals surface area contributed by atoms with Crippen LogP contribution in [0.3, 0.4) is 0 Å². The third-order valence-corrected chi connectivity index (χ3v) is 12.9. The number of hydrogen-bond acceptors (Lipinski definition) is 6. The molecule has 0 rings (SSSR count). The molecule has 6 heteroatoms. The van der Waals surface area contributed by atoms with Crippen LogP contribution in [0.15, 0.2) is 72.9 Å². The minimum absolute atomic E-state index is 0.0886. The van der Waals surface area contributed by atoms with Gasteiger partial charge in [-0.15, -0.1) is 0 Å². The summed E-state index contributed by atoms with van der Waals surface area (Å²) in [4.78, 5) is 38.1. The van der Waals surface area contributed by atoms with Gasteiger partial charge in [-0.3, -0.25) is 14.4 Å². The summed E-state index contributed by atoms with van der Waals surface area (Å²) in [5.74, 6) is -0.920. The molecule has 0 aromatic rings. The van der Waals surface area contributed by atoms with Gasteiger partial charge in [0.15, 0.2) is 6.10 Å². The highest BCUT2D eigenvalue weighted by molar-refractivity contribution is 5.71. The van der Waals surface area contributed by atoms with Crippen molar-refractivity contribution in [2.75, 3.05) is 13.2 Å². The van der Waals surface area contributed by atoms with Gasteiger partial charge in [-0.25, -0.2) is 0 Å². The molecule has 1 unspecified atom stereocenters. The molecule has 0 amide bonds. The predicted octanol–water partition coefficient (Wildman–Crippen LogP) is 20.2. The zero-order chi connectivity index (χ0) is 50.7.